The molecule has 0 radical (unpaired) electrons. The smallest absolute Gasteiger partial charge is 0.00696 e. The standard InChI is InChI=1S/C12H25N/c1-5-12(8-11-6-7-11)13-10(4)9(2)3/h9-13H,5-8H2,1-4H3. The summed E-state index contributed by atoms with van der Waals surface area (Å²) in [5, 5.41) is 3.74. The highest BCUT2D eigenvalue weighted by atomic mass is 14.9. The number of hydrogen-bond acceptors (Lipinski definition) is 1. The Morgan fingerprint density at radius 1 is 1.23 bits per heavy atom. The summed E-state index contributed by atoms with van der Waals surface area (Å²) < 4.78 is 0. The third-order valence-electron chi connectivity index (χ3n) is 3.31. The second-order valence-electron chi connectivity index (χ2n) is 4.98. The molecule has 2 atom stereocenters. The third kappa shape index (κ3) is 4.12. The summed E-state index contributed by atoms with van der Waals surface area (Å²) >= 11 is 0. The Hall–Kier alpha value is -0.0400. The molecule has 0 aromatic carbocycles. The zero-order valence-corrected chi connectivity index (χ0v) is 9.64. The van der Waals surface area contributed by atoms with Crippen LogP contribution in [0.15, 0.2) is 0 Å². The third-order valence-corrected chi connectivity index (χ3v) is 3.31. The van der Waals surface area contributed by atoms with E-state index >= 15 is 0 Å². The van der Waals surface area contributed by atoms with Gasteiger partial charge in [-0.25, -0.2) is 0 Å². The molecular formula is C12H25N. The largest absolute Gasteiger partial charge is 0.311 e. The average Bonchev–Trinajstić information content (AvgIpc) is 2.86. The van der Waals surface area contributed by atoms with Crippen LogP contribution in [0.25, 0.3) is 0 Å². The first-order chi connectivity index (χ1) is 6.13. The summed E-state index contributed by atoms with van der Waals surface area (Å²) in [6, 6.07) is 1.44. The van der Waals surface area contributed by atoms with Crippen molar-refractivity contribution in [1.82, 2.24) is 5.32 Å². The maximum Gasteiger partial charge on any atom is 0.00696 e. The van der Waals surface area contributed by atoms with Crippen LogP contribution < -0.4 is 5.32 Å². The van der Waals surface area contributed by atoms with Gasteiger partial charge in [0.2, 0.25) is 0 Å². The zero-order chi connectivity index (χ0) is 9.84. The van der Waals surface area contributed by atoms with Gasteiger partial charge in [0.05, 0.1) is 0 Å². The van der Waals surface area contributed by atoms with Gasteiger partial charge in [0, 0.05) is 12.1 Å². The molecule has 1 rings (SSSR count). The fourth-order valence-electron chi connectivity index (χ4n) is 1.67. The molecule has 0 bridgehead atoms. The van der Waals surface area contributed by atoms with Crippen LogP contribution in [0.4, 0.5) is 0 Å². The van der Waals surface area contributed by atoms with Gasteiger partial charge in [-0.3, -0.25) is 0 Å². The molecular weight excluding hydrogens is 158 g/mol. The van der Waals surface area contributed by atoms with Crippen molar-refractivity contribution in [2.75, 3.05) is 0 Å². The normalized spacial score (nSPS) is 21.9. The summed E-state index contributed by atoms with van der Waals surface area (Å²) in [5.74, 6) is 1.81. The number of nitrogens with one attached hydrogen (secondary N) is 1. The lowest BCUT2D eigenvalue weighted by molar-refractivity contribution is 0.344. The Balaban J connectivity index is 2.20. The Morgan fingerprint density at radius 3 is 2.23 bits per heavy atom. The summed E-state index contributed by atoms with van der Waals surface area (Å²) in [6.07, 6.45) is 5.66. The molecule has 1 aliphatic carbocycles. The lowest BCUT2D eigenvalue weighted by Crippen LogP contribution is -2.39. The van der Waals surface area contributed by atoms with Gasteiger partial charge in [-0.15, -0.1) is 0 Å². The Kier molecular flexibility index (Phi) is 4.24. The average molecular weight is 183 g/mol. The lowest BCUT2D eigenvalue weighted by atomic mass is 10.0. The number of hydrogen-bond donors (Lipinski definition) is 1. The van der Waals surface area contributed by atoms with Crippen LogP contribution in [0.1, 0.15) is 53.4 Å². The SMILES string of the molecule is CCC(CC1CC1)NC(C)C(C)C. The lowest BCUT2D eigenvalue weighted by Gasteiger charge is -2.24. The highest BCUT2D eigenvalue weighted by Crippen LogP contribution is 2.34. The molecule has 13 heavy (non-hydrogen) atoms. The quantitative estimate of drug-likeness (QED) is 0.667. The van der Waals surface area contributed by atoms with E-state index in [-0.39, 0.29) is 0 Å². The molecule has 1 saturated carbocycles. The summed E-state index contributed by atoms with van der Waals surface area (Å²) in [4.78, 5) is 0. The molecule has 1 heteroatoms. The van der Waals surface area contributed by atoms with Gasteiger partial charge in [-0.05, 0) is 31.6 Å². The van der Waals surface area contributed by atoms with Gasteiger partial charge in [0.1, 0.15) is 0 Å². The Bertz CT molecular complexity index is 138. The fourth-order valence-corrected chi connectivity index (χ4v) is 1.67. The predicted molar refractivity (Wildman–Crippen MR) is 58.9 cm³/mol. The van der Waals surface area contributed by atoms with Gasteiger partial charge in [-0.2, -0.15) is 0 Å². The van der Waals surface area contributed by atoms with Crippen LogP contribution in [0, 0.1) is 11.8 Å². The first kappa shape index (κ1) is 11.0. The van der Waals surface area contributed by atoms with Crippen molar-refractivity contribution in [2.45, 2.75) is 65.5 Å². The minimum atomic E-state index is 0.670. The van der Waals surface area contributed by atoms with E-state index in [0.29, 0.717) is 6.04 Å². The van der Waals surface area contributed by atoms with Gasteiger partial charge >= 0.3 is 0 Å². The first-order valence-corrected chi connectivity index (χ1v) is 5.89. The van der Waals surface area contributed by atoms with Crippen molar-refractivity contribution in [2.24, 2.45) is 11.8 Å². The maximum atomic E-state index is 3.74. The molecule has 0 aromatic rings. The molecule has 0 saturated heterocycles. The highest BCUT2D eigenvalue weighted by Gasteiger charge is 2.25. The molecule has 1 aliphatic rings. The highest BCUT2D eigenvalue weighted by molar-refractivity contribution is 4.81. The second-order valence-corrected chi connectivity index (χ2v) is 4.98. The second kappa shape index (κ2) is 4.99. The molecule has 1 fully saturated rings. The molecule has 0 aromatic heterocycles. The molecule has 1 N–H and O–H groups in total. The van der Waals surface area contributed by atoms with E-state index in [2.05, 4.69) is 33.0 Å². The first-order valence-electron chi connectivity index (χ1n) is 5.89. The van der Waals surface area contributed by atoms with Crippen LogP contribution in [0.5, 0.6) is 0 Å². The molecule has 1 nitrogen and oxygen atoms in total. The van der Waals surface area contributed by atoms with Gasteiger partial charge in [0.15, 0.2) is 0 Å². The van der Waals surface area contributed by atoms with Crippen LogP contribution >= 0.6 is 0 Å². The molecule has 2 unspecified atom stereocenters. The molecule has 0 spiro atoms. The van der Waals surface area contributed by atoms with Crippen molar-refractivity contribution in [3.8, 4) is 0 Å². The molecule has 0 amide bonds. The molecule has 78 valence electrons. The van der Waals surface area contributed by atoms with E-state index in [1.54, 1.807) is 0 Å². The molecule has 0 aliphatic heterocycles. The Morgan fingerprint density at radius 2 is 1.85 bits per heavy atom. The van der Waals surface area contributed by atoms with Crippen molar-refractivity contribution >= 4 is 0 Å². The topological polar surface area (TPSA) is 12.0 Å². The van der Waals surface area contributed by atoms with E-state index in [0.717, 1.165) is 17.9 Å². The van der Waals surface area contributed by atoms with Crippen LogP contribution in [0.2, 0.25) is 0 Å². The van der Waals surface area contributed by atoms with E-state index < -0.39 is 0 Å². The van der Waals surface area contributed by atoms with Gasteiger partial charge < -0.3 is 5.32 Å². The summed E-state index contributed by atoms with van der Waals surface area (Å²) in [7, 11) is 0. The van der Waals surface area contributed by atoms with Crippen LogP contribution in [-0.2, 0) is 0 Å². The predicted octanol–water partition coefficient (Wildman–Crippen LogP) is 3.20. The van der Waals surface area contributed by atoms with Crippen molar-refractivity contribution in [1.29, 1.82) is 0 Å². The maximum absolute atomic E-state index is 3.74. The van der Waals surface area contributed by atoms with E-state index in [1.807, 2.05) is 0 Å². The van der Waals surface area contributed by atoms with Crippen molar-refractivity contribution < 1.29 is 0 Å². The Labute approximate surface area is 83.3 Å². The van der Waals surface area contributed by atoms with Crippen molar-refractivity contribution in [3.05, 3.63) is 0 Å². The van der Waals surface area contributed by atoms with Gasteiger partial charge in [0.25, 0.3) is 0 Å². The minimum absolute atomic E-state index is 0.670. The van der Waals surface area contributed by atoms with Crippen molar-refractivity contribution in [3.63, 3.8) is 0 Å². The number of rotatable bonds is 6. The van der Waals surface area contributed by atoms with Crippen LogP contribution in [0.3, 0.4) is 0 Å². The van der Waals surface area contributed by atoms with Crippen LogP contribution in [-0.4, -0.2) is 12.1 Å². The van der Waals surface area contributed by atoms with E-state index in [1.165, 1.54) is 25.7 Å². The zero-order valence-electron chi connectivity index (χ0n) is 9.64. The summed E-state index contributed by atoms with van der Waals surface area (Å²) in [5.41, 5.74) is 0. The minimum Gasteiger partial charge on any atom is -0.311 e. The van der Waals surface area contributed by atoms with Gasteiger partial charge in [-0.1, -0.05) is 33.6 Å². The van der Waals surface area contributed by atoms with E-state index in [4.69, 9.17) is 0 Å². The fraction of sp³-hybridized carbons (Fsp3) is 1.00. The monoisotopic (exact) mass is 183 g/mol. The van der Waals surface area contributed by atoms with E-state index in [9.17, 15) is 0 Å². The summed E-state index contributed by atoms with van der Waals surface area (Å²) in [6.45, 7) is 9.19. The molecule has 0 heterocycles.